The Balaban J connectivity index is 2.87. The summed E-state index contributed by atoms with van der Waals surface area (Å²) in [4.78, 5) is 1.62. The van der Waals surface area contributed by atoms with Gasteiger partial charge in [-0.15, -0.1) is 0 Å². The molecule has 1 N–H and O–H groups in total. The second kappa shape index (κ2) is 7.32. The molecule has 21 heavy (non-hydrogen) atoms. The molecule has 0 aromatic carbocycles. The van der Waals surface area contributed by atoms with Gasteiger partial charge in [0.1, 0.15) is 0 Å². The van der Waals surface area contributed by atoms with Crippen LogP contribution in [0.15, 0.2) is 0 Å². The van der Waals surface area contributed by atoms with E-state index in [0.29, 0.717) is 12.5 Å². The first-order valence-corrected chi connectivity index (χ1v) is 8.12. The summed E-state index contributed by atoms with van der Waals surface area (Å²) in [6.07, 6.45) is -1.21. The molecule has 0 saturated heterocycles. The summed E-state index contributed by atoms with van der Waals surface area (Å²) in [7, 11) is 0. The second-order valence-corrected chi connectivity index (χ2v) is 7.29. The molecule has 0 bridgehead atoms. The van der Waals surface area contributed by atoms with Crippen molar-refractivity contribution in [3.05, 3.63) is 0 Å². The molecule has 1 aliphatic carbocycles. The molecule has 3 unspecified atom stereocenters. The number of nitrogens with one attached hydrogen (secondary N) is 1. The van der Waals surface area contributed by atoms with Crippen LogP contribution in [0.25, 0.3) is 0 Å². The highest BCUT2D eigenvalue weighted by atomic mass is 19.4. The fourth-order valence-electron chi connectivity index (χ4n) is 3.53. The maximum Gasteiger partial charge on any atom is 0.401 e. The molecule has 1 aliphatic rings. The van der Waals surface area contributed by atoms with E-state index in [2.05, 4.69) is 26.1 Å². The molecule has 1 fully saturated rings. The van der Waals surface area contributed by atoms with Crippen LogP contribution in [0.1, 0.15) is 53.9 Å². The minimum absolute atomic E-state index is 0.0189. The predicted octanol–water partition coefficient (Wildman–Crippen LogP) is 4.06. The average molecular weight is 308 g/mol. The molecule has 0 spiro atoms. The Hall–Kier alpha value is -0.290. The summed E-state index contributed by atoms with van der Waals surface area (Å²) < 4.78 is 38.5. The van der Waals surface area contributed by atoms with Crippen LogP contribution in [0, 0.1) is 11.3 Å². The highest BCUT2D eigenvalue weighted by molar-refractivity contribution is 4.94. The number of alkyl halides is 3. The summed E-state index contributed by atoms with van der Waals surface area (Å²) in [6, 6.07) is 0.158. The van der Waals surface area contributed by atoms with Gasteiger partial charge in [0.25, 0.3) is 0 Å². The molecule has 0 heterocycles. The Labute approximate surface area is 127 Å². The van der Waals surface area contributed by atoms with Gasteiger partial charge in [-0.1, -0.05) is 34.6 Å². The number of hydrogen-bond donors (Lipinski definition) is 1. The summed E-state index contributed by atoms with van der Waals surface area (Å²) in [5, 5.41) is 3.40. The molecule has 0 aromatic heterocycles. The molecule has 2 nitrogen and oxygen atoms in total. The van der Waals surface area contributed by atoms with Crippen molar-refractivity contribution in [2.45, 2.75) is 72.1 Å². The Morgan fingerprint density at radius 3 is 2.14 bits per heavy atom. The van der Waals surface area contributed by atoms with Crippen molar-refractivity contribution in [2.24, 2.45) is 11.3 Å². The van der Waals surface area contributed by atoms with Crippen molar-refractivity contribution in [2.75, 3.05) is 19.6 Å². The first-order chi connectivity index (χ1) is 9.58. The molecule has 0 radical (unpaired) electrons. The van der Waals surface area contributed by atoms with Gasteiger partial charge in [0, 0.05) is 12.1 Å². The normalized spacial score (nSPS) is 28.1. The summed E-state index contributed by atoms with van der Waals surface area (Å²) in [5.74, 6) is 0.486. The highest BCUT2D eigenvalue weighted by Gasteiger charge is 2.41. The monoisotopic (exact) mass is 308 g/mol. The van der Waals surface area contributed by atoms with Crippen molar-refractivity contribution in [1.29, 1.82) is 0 Å². The highest BCUT2D eigenvalue weighted by Crippen LogP contribution is 2.39. The second-order valence-electron chi connectivity index (χ2n) is 7.29. The quantitative estimate of drug-likeness (QED) is 0.824. The maximum atomic E-state index is 12.8. The van der Waals surface area contributed by atoms with Gasteiger partial charge in [0.15, 0.2) is 0 Å². The van der Waals surface area contributed by atoms with Crippen molar-refractivity contribution >= 4 is 0 Å². The van der Waals surface area contributed by atoms with Crippen LogP contribution in [0.4, 0.5) is 13.2 Å². The number of rotatable bonds is 5. The van der Waals surface area contributed by atoms with Gasteiger partial charge in [-0.2, -0.15) is 13.2 Å². The van der Waals surface area contributed by atoms with Gasteiger partial charge >= 0.3 is 6.18 Å². The van der Waals surface area contributed by atoms with Crippen LogP contribution in [-0.4, -0.2) is 42.8 Å². The van der Waals surface area contributed by atoms with Gasteiger partial charge in [0.2, 0.25) is 0 Å². The zero-order valence-corrected chi connectivity index (χ0v) is 14.1. The molecular weight excluding hydrogens is 277 g/mol. The van der Waals surface area contributed by atoms with E-state index in [1.54, 1.807) is 4.90 Å². The third-order valence-corrected chi connectivity index (χ3v) is 4.77. The van der Waals surface area contributed by atoms with Crippen molar-refractivity contribution in [1.82, 2.24) is 10.2 Å². The molecule has 1 saturated carbocycles. The lowest BCUT2D eigenvalue weighted by atomic mass is 9.69. The van der Waals surface area contributed by atoms with Gasteiger partial charge in [-0.25, -0.2) is 0 Å². The summed E-state index contributed by atoms with van der Waals surface area (Å²) >= 11 is 0. The molecule has 126 valence electrons. The maximum absolute atomic E-state index is 12.8. The topological polar surface area (TPSA) is 15.3 Å². The minimum Gasteiger partial charge on any atom is -0.313 e. The van der Waals surface area contributed by atoms with Crippen LogP contribution in [-0.2, 0) is 0 Å². The van der Waals surface area contributed by atoms with E-state index in [4.69, 9.17) is 0 Å². The Kier molecular flexibility index (Phi) is 6.54. The lowest BCUT2D eigenvalue weighted by Gasteiger charge is -2.46. The number of nitrogens with zero attached hydrogens (tertiary/aromatic N) is 1. The number of halogens is 3. The van der Waals surface area contributed by atoms with Gasteiger partial charge in [0.05, 0.1) is 6.54 Å². The fourth-order valence-corrected chi connectivity index (χ4v) is 3.53. The van der Waals surface area contributed by atoms with E-state index >= 15 is 0 Å². The fraction of sp³-hybridized carbons (Fsp3) is 1.00. The van der Waals surface area contributed by atoms with Crippen LogP contribution in [0.2, 0.25) is 0 Å². The zero-order chi connectivity index (χ0) is 16.3. The minimum atomic E-state index is -4.12. The van der Waals surface area contributed by atoms with E-state index in [-0.39, 0.29) is 17.5 Å². The smallest absolute Gasteiger partial charge is 0.313 e. The summed E-state index contributed by atoms with van der Waals surface area (Å²) in [6.45, 7) is 10.9. The van der Waals surface area contributed by atoms with Gasteiger partial charge < -0.3 is 5.32 Å². The molecule has 0 amide bonds. The predicted molar refractivity (Wildman–Crippen MR) is 81.4 cm³/mol. The van der Waals surface area contributed by atoms with E-state index in [9.17, 15) is 13.2 Å². The van der Waals surface area contributed by atoms with Crippen LogP contribution in [0.3, 0.4) is 0 Å². The Bertz CT molecular complexity index is 310. The van der Waals surface area contributed by atoms with E-state index < -0.39 is 12.7 Å². The molecule has 5 heteroatoms. The Morgan fingerprint density at radius 2 is 1.71 bits per heavy atom. The van der Waals surface area contributed by atoms with Gasteiger partial charge in [-0.3, -0.25) is 4.90 Å². The SMILES string of the molecule is CCNC1CCC(C(C)(C)C)CC1N(CC)CC(F)(F)F. The van der Waals surface area contributed by atoms with E-state index in [0.717, 1.165) is 25.8 Å². The standard InChI is InChI=1S/C16H31F3N2/c1-6-20-13-9-8-12(15(3,4)5)10-14(13)21(7-2)11-16(17,18)19/h12-14,20H,6-11H2,1-5H3. The summed E-state index contributed by atoms with van der Waals surface area (Å²) in [5.41, 5.74) is 0.160. The van der Waals surface area contributed by atoms with E-state index in [1.165, 1.54) is 0 Å². The van der Waals surface area contributed by atoms with E-state index in [1.807, 2.05) is 13.8 Å². The molecule has 0 aliphatic heterocycles. The van der Waals surface area contributed by atoms with Crippen molar-refractivity contribution in [3.8, 4) is 0 Å². The molecule has 1 rings (SSSR count). The molecule has 0 aromatic rings. The first-order valence-electron chi connectivity index (χ1n) is 8.12. The van der Waals surface area contributed by atoms with Crippen molar-refractivity contribution in [3.63, 3.8) is 0 Å². The lowest BCUT2D eigenvalue weighted by molar-refractivity contribution is -0.154. The molecule has 3 atom stereocenters. The largest absolute Gasteiger partial charge is 0.401 e. The Morgan fingerprint density at radius 1 is 1.10 bits per heavy atom. The zero-order valence-electron chi connectivity index (χ0n) is 14.1. The number of likely N-dealkylation sites (N-methyl/N-ethyl adjacent to an activating group) is 2. The van der Waals surface area contributed by atoms with Crippen LogP contribution in [0.5, 0.6) is 0 Å². The first kappa shape index (κ1) is 18.8. The van der Waals surface area contributed by atoms with Crippen LogP contribution >= 0.6 is 0 Å². The van der Waals surface area contributed by atoms with Crippen LogP contribution < -0.4 is 5.32 Å². The lowest BCUT2D eigenvalue weighted by Crippen LogP contribution is -2.56. The third kappa shape index (κ3) is 5.78. The average Bonchev–Trinajstić information content (AvgIpc) is 2.34. The van der Waals surface area contributed by atoms with Crippen molar-refractivity contribution < 1.29 is 13.2 Å². The molecular formula is C16H31F3N2. The number of hydrogen-bond acceptors (Lipinski definition) is 2. The van der Waals surface area contributed by atoms with Gasteiger partial charge in [-0.05, 0) is 43.7 Å². The third-order valence-electron chi connectivity index (χ3n) is 4.77.